The number of rotatable bonds is 1. The zero-order valence-corrected chi connectivity index (χ0v) is 10.6. The van der Waals surface area contributed by atoms with Crippen LogP contribution in [0.4, 0.5) is 8.78 Å². The number of hydrogen-bond acceptors (Lipinski definition) is 2. The Morgan fingerprint density at radius 1 is 1.21 bits per heavy atom. The van der Waals surface area contributed by atoms with Gasteiger partial charge in [-0.1, -0.05) is 11.6 Å². The molecule has 2 aromatic heterocycles. The first-order valence-electron chi connectivity index (χ1n) is 5.48. The fourth-order valence-corrected chi connectivity index (χ4v) is 2.28. The summed E-state index contributed by atoms with van der Waals surface area (Å²) in [7, 11) is 1.75. The van der Waals surface area contributed by atoms with Crippen molar-refractivity contribution in [1.29, 1.82) is 0 Å². The van der Waals surface area contributed by atoms with E-state index >= 15 is 0 Å². The standard InChI is InChI=1S/C13H8ClF2N3/c1-19-5-8(13-9(14)4-17-6-18-13)7-2-10(15)11(16)3-12(7)19/h2-6H,1H3. The van der Waals surface area contributed by atoms with Gasteiger partial charge in [-0.2, -0.15) is 0 Å². The molecular weight excluding hydrogens is 272 g/mol. The van der Waals surface area contributed by atoms with Gasteiger partial charge in [-0.3, -0.25) is 0 Å². The Balaban J connectivity index is 2.37. The molecule has 6 heteroatoms. The summed E-state index contributed by atoms with van der Waals surface area (Å²) >= 11 is 6.04. The van der Waals surface area contributed by atoms with E-state index in [1.807, 2.05) is 0 Å². The molecule has 0 N–H and O–H groups in total. The number of nitrogens with zero attached hydrogens (tertiary/aromatic N) is 3. The summed E-state index contributed by atoms with van der Waals surface area (Å²) in [5.41, 5.74) is 1.71. The summed E-state index contributed by atoms with van der Waals surface area (Å²) in [6, 6.07) is 2.31. The third-order valence-corrected chi connectivity index (χ3v) is 3.23. The van der Waals surface area contributed by atoms with E-state index < -0.39 is 11.6 Å². The van der Waals surface area contributed by atoms with Gasteiger partial charge in [0.1, 0.15) is 6.33 Å². The quantitative estimate of drug-likeness (QED) is 0.682. The number of benzene rings is 1. The minimum atomic E-state index is -0.898. The average Bonchev–Trinajstić information content (AvgIpc) is 2.68. The number of halogens is 3. The molecule has 0 radical (unpaired) electrons. The normalized spacial score (nSPS) is 11.2. The van der Waals surface area contributed by atoms with E-state index in [1.165, 1.54) is 12.5 Å². The maximum atomic E-state index is 13.4. The zero-order chi connectivity index (χ0) is 13.6. The highest BCUT2D eigenvalue weighted by Gasteiger charge is 2.15. The van der Waals surface area contributed by atoms with E-state index in [0.29, 0.717) is 27.2 Å². The summed E-state index contributed by atoms with van der Waals surface area (Å²) in [5.74, 6) is -1.78. The Morgan fingerprint density at radius 3 is 2.68 bits per heavy atom. The van der Waals surface area contributed by atoms with Crippen LogP contribution in [-0.2, 0) is 7.05 Å². The van der Waals surface area contributed by atoms with E-state index in [1.54, 1.807) is 17.8 Å². The molecule has 0 aliphatic heterocycles. The van der Waals surface area contributed by atoms with Crippen LogP contribution in [0.5, 0.6) is 0 Å². The third-order valence-electron chi connectivity index (χ3n) is 2.95. The fraction of sp³-hybridized carbons (Fsp3) is 0.0769. The molecule has 0 saturated carbocycles. The van der Waals surface area contributed by atoms with Crippen LogP contribution in [0.15, 0.2) is 30.9 Å². The predicted octanol–water partition coefficient (Wildman–Crippen LogP) is 3.57. The van der Waals surface area contributed by atoms with Gasteiger partial charge in [-0.05, 0) is 6.07 Å². The molecule has 96 valence electrons. The maximum Gasteiger partial charge on any atom is 0.160 e. The second-order valence-electron chi connectivity index (χ2n) is 4.16. The van der Waals surface area contributed by atoms with Crippen molar-refractivity contribution >= 4 is 22.5 Å². The summed E-state index contributed by atoms with van der Waals surface area (Å²) in [4.78, 5) is 7.90. The van der Waals surface area contributed by atoms with Gasteiger partial charge < -0.3 is 4.57 Å². The Hall–Kier alpha value is -2.01. The van der Waals surface area contributed by atoms with Crippen molar-refractivity contribution in [3.63, 3.8) is 0 Å². The molecule has 2 heterocycles. The van der Waals surface area contributed by atoms with Crippen molar-refractivity contribution in [1.82, 2.24) is 14.5 Å². The topological polar surface area (TPSA) is 30.7 Å². The second kappa shape index (κ2) is 4.28. The van der Waals surface area contributed by atoms with E-state index in [4.69, 9.17) is 11.6 Å². The third kappa shape index (κ3) is 1.86. The molecule has 1 aromatic carbocycles. The van der Waals surface area contributed by atoms with E-state index in [2.05, 4.69) is 9.97 Å². The average molecular weight is 280 g/mol. The molecule has 0 amide bonds. The van der Waals surface area contributed by atoms with Crippen LogP contribution < -0.4 is 0 Å². The first-order chi connectivity index (χ1) is 9.08. The van der Waals surface area contributed by atoms with Crippen LogP contribution in [-0.4, -0.2) is 14.5 Å². The Kier molecular flexibility index (Phi) is 2.71. The predicted molar refractivity (Wildman–Crippen MR) is 68.9 cm³/mol. The van der Waals surface area contributed by atoms with Crippen molar-refractivity contribution < 1.29 is 8.78 Å². The van der Waals surface area contributed by atoms with Crippen LogP contribution in [0.2, 0.25) is 5.02 Å². The highest BCUT2D eigenvalue weighted by atomic mass is 35.5. The number of aromatic nitrogens is 3. The van der Waals surface area contributed by atoms with Gasteiger partial charge >= 0.3 is 0 Å². The molecule has 0 aliphatic rings. The lowest BCUT2D eigenvalue weighted by molar-refractivity contribution is 0.510. The highest BCUT2D eigenvalue weighted by Crippen LogP contribution is 2.33. The Bertz CT molecular complexity index is 783. The summed E-state index contributed by atoms with van der Waals surface area (Å²) in [6.07, 6.45) is 4.56. The molecule has 19 heavy (non-hydrogen) atoms. The van der Waals surface area contributed by atoms with Crippen LogP contribution in [0.3, 0.4) is 0 Å². The molecular formula is C13H8ClF2N3. The molecule has 0 unspecified atom stereocenters. The van der Waals surface area contributed by atoms with Crippen LogP contribution in [0.1, 0.15) is 0 Å². The largest absolute Gasteiger partial charge is 0.350 e. The first-order valence-corrected chi connectivity index (χ1v) is 5.85. The summed E-state index contributed by atoms with van der Waals surface area (Å²) in [6.45, 7) is 0. The number of aryl methyl sites for hydroxylation is 1. The second-order valence-corrected chi connectivity index (χ2v) is 4.56. The van der Waals surface area contributed by atoms with Gasteiger partial charge in [0.2, 0.25) is 0 Å². The van der Waals surface area contributed by atoms with Crippen LogP contribution in [0, 0.1) is 11.6 Å². The minimum absolute atomic E-state index is 0.361. The molecule has 0 atom stereocenters. The number of fused-ring (bicyclic) bond motifs is 1. The monoisotopic (exact) mass is 279 g/mol. The van der Waals surface area contributed by atoms with Crippen molar-refractivity contribution in [2.75, 3.05) is 0 Å². The molecule has 0 fully saturated rings. The smallest absolute Gasteiger partial charge is 0.160 e. The maximum absolute atomic E-state index is 13.4. The van der Waals surface area contributed by atoms with Crippen molar-refractivity contribution in [3.05, 3.63) is 47.5 Å². The van der Waals surface area contributed by atoms with Gasteiger partial charge in [0.25, 0.3) is 0 Å². The van der Waals surface area contributed by atoms with Crippen molar-refractivity contribution in [3.8, 4) is 11.3 Å². The first kappa shape index (κ1) is 12.0. The molecule has 3 nitrogen and oxygen atoms in total. The SMILES string of the molecule is Cn1cc(-c2ncncc2Cl)c2cc(F)c(F)cc21. The van der Waals surface area contributed by atoms with Gasteiger partial charge in [0.15, 0.2) is 11.6 Å². The lowest BCUT2D eigenvalue weighted by Gasteiger charge is -2.01. The number of hydrogen-bond donors (Lipinski definition) is 0. The van der Waals surface area contributed by atoms with E-state index in [9.17, 15) is 8.78 Å². The zero-order valence-electron chi connectivity index (χ0n) is 9.86. The lowest BCUT2D eigenvalue weighted by atomic mass is 10.1. The van der Waals surface area contributed by atoms with E-state index in [0.717, 1.165) is 12.1 Å². The van der Waals surface area contributed by atoms with Gasteiger partial charge in [0.05, 0.1) is 16.2 Å². The van der Waals surface area contributed by atoms with Crippen molar-refractivity contribution in [2.24, 2.45) is 7.05 Å². The van der Waals surface area contributed by atoms with Crippen LogP contribution >= 0.6 is 11.6 Å². The van der Waals surface area contributed by atoms with Gasteiger partial charge in [-0.25, -0.2) is 18.7 Å². The van der Waals surface area contributed by atoms with Gasteiger partial charge in [0, 0.05) is 36.5 Å². The van der Waals surface area contributed by atoms with Crippen molar-refractivity contribution in [2.45, 2.75) is 0 Å². The highest BCUT2D eigenvalue weighted by molar-refractivity contribution is 6.33. The lowest BCUT2D eigenvalue weighted by Crippen LogP contribution is -1.88. The molecule has 0 saturated heterocycles. The Morgan fingerprint density at radius 2 is 1.95 bits per heavy atom. The summed E-state index contributed by atoms with van der Waals surface area (Å²) < 4.78 is 28.4. The minimum Gasteiger partial charge on any atom is -0.350 e. The molecule has 0 bridgehead atoms. The van der Waals surface area contributed by atoms with Crippen LogP contribution in [0.25, 0.3) is 22.2 Å². The molecule has 3 rings (SSSR count). The Labute approximate surface area is 112 Å². The molecule has 0 spiro atoms. The van der Waals surface area contributed by atoms with E-state index in [-0.39, 0.29) is 0 Å². The fourth-order valence-electron chi connectivity index (χ4n) is 2.08. The molecule has 3 aromatic rings. The molecule has 0 aliphatic carbocycles. The van der Waals surface area contributed by atoms with Gasteiger partial charge in [-0.15, -0.1) is 0 Å². The summed E-state index contributed by atoms with van der Waals surface area (Å²) in [5, 5.41) is 0.918.